The minimum absolute atomic E-state index is 0.525. The van der Waals surface area contributed by atoms with Crippen LogP contribution in [0, 0.1) is 6.92 Å². The van der Waals surface area contributed by atoms with Crippen molar-refractivity contribution in [3.63, 3.8) is 0 Å². The second kappa shape index (κ2) is 6.04. The quantitative estimate of drug-likeness (QED) is 0.799. The van der Waals surface area contributed by atoms with E-state index < -0.39 is 0 Å². The molecule has 0 saturated carbocycles. The maximum Gasteiger partial charge on any atom is 0.0599 e. The molecule has 0 aliphatic carbocycles. The van der Waals surface area contributed by atoms with E-state index in [9.17, 15) is 0 Å². The molecule has 2 nitrogen and oxygen atoms in total. The van der Waals surface area contributed by atoms with Gasteiger partial charge in [-0.25, -0.2) is 0 Å². The molecule has 0 aliphatic heterocycles. The van der Waals surface area contributed by atoms with Crippen LogP contribution in [0.2, 0.25) is 0 Å². The highest BCUT2D eigenvalue weighted by molar-refractivity contribution is 7.98. The van der Waals surface area contributed by atoms with Gasteiger partial charge in [0.1, 0.15) is 0 Å². The van der Waals surface area contributed by atoms with Gasteiger partial charge in [0.2, 0.25) is 0 Å². The number of nitrogen functional groups attached to an aromatic ring is 1. The molecular weight excluding hydrogens is 216 g/mol. The average Bonchev–Trinajstić information content (AvgIpc) is 2.25. The van der Waals surface area contributed by atoms with Crippen molar-refractivity contribution in [2.45, 2.75) is 26.3 Å². The van der Waals surface area contributed by atoms with Crippen molar-refractivity contribution in [1.29, 1.82) is 0 Å². The average molecular weight is 238 g/mol. The number of nitrogens with zero attached hydrogens (tertiary/aromatic N) is 1. The Morgan fingerprint density at radius 3 is 2.69 bits per heavy atom. The molecule has 1 aromatic rings. The zero-order valence-electron chi connectivity index (χ0n) is 10.7. The summed E-state index contributed by atoms with van der Waals surface area (Å²) in [6.07, 6.45) is 3.33. The maximum atomic E-state index is 6.04. The van der Waals surface area contributed by atoms with Crippen LogP contribution >= 0.6 is 11.8 Å². The summed E-state index contributed by atoms with van der Waals surface area (Å²) in [5.74, 6) is 1.19. The van der Waals surface area contributed by atoms with Crippen LogP contribution in [0.1, 0.15) is 18.9 Å². The number of thioether (sulfide) groups is 1. The molecule has 1 unspecified atom stereocenters. The van der Waals surface area contributed by atoms with E-state index in [1.54, 1.807) is 0 Å². The summed E-state index contributed by atoms with van der Waals surface area (Å²) in [6, 6.07) is 6.79. The summed E-state index contributed by atoms with van der Waals surface area (Å²) >= 11 is 1.89. The molecule has 2 N–H and O–H groups in total. The Bertz CT molecular complexity index is 339. The van der Waals surface area contributed by atoms with Crippen molar-refractivity contribution in [2.24, 2.45) is 0 Å². The zero-order valence-corrected chi connectivity index (χ0v) is 11.5. The molecule has 1 rings (SSSR count). The fourth-order valence-corrected chi connectivity index (χ4v) is 2.29. The third-order valence-corrected chi connectivity index (χ3v) is 3.61. The van der Waals surface area contributed by atoms with Gasteiger partial charge in [-0.15, -0.1) is 0 Å². The minimum atomic E-state index is 0.525. The second-order valence-corrected chi connectivity index (χ2v) is 5.29. The molecule has 0 fully saturated rings. The zero-order chi connectivity index (χ0) is 12.1. The maximum absolute atomic E-state index is 6.04. The van der Waals surface area contributed by atoms with Gasteiger partial charge in [-0.1, -0.05) is 6.07 Å². The number of nitrogens with two attached hydrogens (primary N) is 1. The monoisotopic (exact) mass is 238 g/mol. The number of hydrogen-bond donors (Lipinski definition) is 1. The van der Waals surface area contributed by atoms with Crippen LogP contribution in [0.4, 0.5) is 11.4 Å². The Kier molecular flexibility index (Phi) is 5.00. The van der Waals surface area contributed by atoms with Gasteiger partial charge in [-0.05, 0) is 50.0 Å². The summed E-state index contributed by atoms with van der Waals surface area (Å²) in [6.45, 7) is 4.31. The first-order valence-corrected chi connectivity index (χ1v) is 7.03. The molecule has 0 aromatic heterocycles. The van der Waals surface area contributed by atoms with E-state index in [0.29, 0.717) is 6.04 Å². The topological polar surface area (TPSA) is 29.3 Å². The van der Waals surface area contributed by atoms with Gasteiger partial charge in [-0.3, -0.25) is 0 Å². The highest BCUT2D eigenvalue weighted by atomic mass is 32.2. The summed E-state index contributed by atoms with van der Waals surface area (Å²) in [5.41, 5.74) is 9.27. The molecule has 0 radical (unpaired) electrons. The third kappa shape index (κ3) is 3.34. The lowest BCUT2D eigenvalue weighted by atomic mass is 10.1. The van der Waals surface area contributed by atoms with Gasteiger partial charge >= 0.3 is 0 Å². The van der Waals surface area contributed by atoms with E-state index in [0.717, 1.165) is 11.4 Å². The van der Waals surface area contributed by atoms with Gasteiger partial charge in [0.05, 0.1) is 11.4 Å². The molecule has 3 heteroatoms. The van der Waals surface area contributed by atoms with Crippen molar-refractivity contribution in [2.75, 3.05) is 29.7 Å². The van der Waals surface area contributed by atoms with Crippen LogP contribution < -0.4 is 10.6 Å². The van der Waals surface area contributed by atoms with E-state index in [2.05, 4.69) is 44.2 Å². The largest absolute Gasteiger partial charge is 0.397 e. The Labute approximate surface area is 103 Å². The Hall–Kier alpha value is -0.830. The molecule has 0 bridgehead atoms. The summed E-state index contributed by atoms with van der Waals surface area (Å²) in [7, 11) is 2.12. The fraction of sp³-hybridized carbons (Fsp3) is 0.538. The Morgan fingerprint density at radius 2 is 2.12 bits per heavy atom. The number of hydrogen-bond acceptors (Lipinski definition) is 3. The molecule has 0 heterocycles. The van der Waals surface area contributed by atoms with E-state index >= 15 is 0 Å². The lowest BCUT2D eigenvalue weighted by molar-refractivity contribution is 0.670. The van der Waals surface area contributed by atoms with Crippen LogP contribution in [0.25, 0.3) is 0 Å². The van der Waals surface area contributed by atoms with E-state index in [1.165, 1.54) is 17.7 Å². The van der Waals surface area contributed by atoms with Crippen molar-refractivity contribution < 1.29 is 0 Å². The summed E-state index contributed by atoms with van der Waals surface area (Å²) in [4.78, 5) is 2.27. The fourth-order valence-electron chi connectivity index (χ4n) is 1.71. The SMILES string of the molecule is CSCCC(C)N(C)c1ccc(C)cc1N. The van der Waals surface area contributed by atoms with Crippen molar-refractivity contribution in [3.05, 3.63) is 23.8 Å². The van der Waals surface area contributed by atoms with Gasteiger partial charge < -0.3 is 10.6 Å². The van der Waals surface area contributed by atoms with Crippen LogP contribution in [-0.4, -0.2) is 25.1 Å². The predicted octanol–water partition coefficient (Wildman–Crippen LogP) is 3.16. The number of anilines is 2. The van der Waals surface area contributed by atoms with Crippen molar-refractivity contribution in [3.8, 4) is 0 Å². The lowest BCUT2D eigenvalue weighted by Gasteiger charge is -2.28. The number of rotatable bonds is 5. The first kappa shape index (κ1) is 13.2. The van der Waals surface area contributed by atoms with Gasteiger partial charge in [0.15, 0.2) is 0 Å². The molecule has 1 atom stereocenters. The normalized spacial score (nSPS) is 12.5. The van der Waals surface area contributed by atoms with Crippen molar-refractivity contribution in [1.82, 2.24) is 0 Å². The molecule has 0 aliphatic rings. The summed E-state index contributed by atoms with van der Waals surface area (Å²) < 4.78 is 0. The number of aryl methyl sites for hydroxylation is 1. The standard InChI is InChI=1S/C13H22N2S/c1-10-5-6-13(12(14)9-10)15(3)11(2)7-8-16-4/h5-6,9,11H,7-8,14H2,1-4H3. The molecule has 0 spiro atoms. The third-order valence-electron chi connectivity index (χ3n) is 2.96. The van der Waals surface area contributed by atoms with Gasteiger partial charge in [0.25, 0.3) is 0 Å². The van der Waals surface area contributed by atoms with Crippen LogP contribution in [0.15, 0.2) is 18.2 Å². The molecule has 0 saturated heterocycles. The lowest BCUT2D eigenvalue weighted by Crippen LogP contribution is -2.29. The molecule has 1 aromatic carbocycles. The van der Waals surface area contributed by atoms with Crippen LogP contribution in [0.3, 0.4) is 0 Å². The van der Waals surface area contributed by atoms with Gasteiger partial charge in [-0.2, -0.15) is 11.8 Å². The van der Waals surface area contributed by atoms with E-state index in [-0.39, 0.29) is 0 Å². The Balaban J connectivity index is 2.75. The molecule has 0 amide bonds. The van der Waals surface area contributed by atoms with E-state index in [4.69, 9.17) is 5.73 Å². The highest BCUT2D eigenvalue weighted by Crippen LogP contribution is 2.25. The first-order valence-electron chi connectivity index (χ1n) is 5.64. The van der Waals surface area contributed by atoms with E-state index in [1.807, 2.05) is 17.8 Å². The Morgan fingerprint density at radius 1 is 1.44 bits per heavy atom. The van der Waals surface area contributed by atoms with Gasteiger partial charge in [0, 0.05) is 13.1 Å². The molecule has 90 valence electrons. The number of benzene rings is 1. The smallest absolute Gasteiger partial charge is 0.0599 e. The predicted molar refractivity (Wildman–Crippen MR) is 76.5 cm³/mol. The summed E-state index contributed by atoms with van der Waals surface area (Å²) in [5, 5.41) is 0. The van der Waals surface area contributed by atoms with Crippen LogP contribution in [-0.2, 0) is 0 Å². The highest BCUT2D eigenvalue weighted by Gasteiger charge is 2.11. The molecular formula is C13H22N2S. The van der Waals surface area contributed by atoms with Crippen LogP contribution in [0.5, 0.6) is 0 Å². The second-order valence-electron chi connectivity index (χ2n) is 4.30. The van der Waals surface area contributed by atoms with Crippen molar-refractivity contribution >= 4 is 23.1 Å². The molecule has 16 heavy (non-hydrogen) atoms. The minimum Gasteiger partial charge on any atom is -0.397 e. The first-order chi connectivity index (χ1) is 7.56.